The van der Waals surface area contributed by atoms with Gasteiger partial charge >= 0.3 is 0 Å². The van der Waals surface area contributed by atoms with Gasteiger partial charge in [-0.2, -0.15) is 15.7 Å². The number of aliphatic hydroxyl groups excluding tert-OH is 1. The van der Waals surface area contributed by atoms with Crippen LogP contribution in [0.4, 0.5) is 0 Å². The molecule has 7 rings (SSSR count). The number of rotatable bonds is 9. The topological polar surface area (TPSA) is 78.2 Å². The monoisotopic (exact) mass is 635 g/mol. The van der Waals surface area contributed by atoms with Crippen molar-refractivity contribution in [3.63, 3.8) is 0 Å². The molecule has 6 saturated carbocycles. The van der Waals surface area contributed by atoms with Gasteiger partial charge in [-0.15, -0.1) is 0 Å². The Balaban J connectivity index is 0.967. The molecule has 9 unspecified atom stereocenters. The lowest BCUT2D eigenvalue weighted by Crippen LogP contribution is -2.58. The Kier molecular flexibility index (Phi) is 11.7. The van der Waals surface area contributed by atoms with Gasteiger partial charge in [-0.25, -0.2) is 0 Å². The lowest BCUT2D eigenvalue weighted by atomic mass is 9.58. The minimum Gasteiger partial charge on any atom is -0.390 e. The molecular weight excluding hydrogens is 568 g/mol. The molecule has 1 saturated heterocycles. The quantitative estimate of drug-likeness (QED) is 0.135. The Morgan fingerprint density at radius 2 is 1.43 bits per heavy atom. The Morgan fingerprint density at radius 1 is 0.739 bits per heavy atom. The first-order chi connectivity index (χ1) is 22.6. The number of nitrogens with zero attached hydrogens (tertiary/aromatic N) is 2. The summed E-state index contributed by atoms with van der Waals surface area (Å²) in [6.07, 6.45) is 34.8. The summed E-state index contributed by atoms with van der Waals surface area (Å²) in [6.45, 7) is 2.99. The molecule has 0 aromatic carbocycles. The zero-order chi connectivity index (χ0) is 31.3. The van der Waals surface area contributed by atoms with Gasteiger partial charge in [0.15, 0.2) is 0 Å². The van der Waals surface area contributed by atoms with E-state index in [0.717, 1.165) is 42.9 Å². The second-order valence-electron chi connectivity index (χ2n) is 17.2. The molecule has 0 bridgehead atoms. The summed E-state index contributed by atoms with van der Waals surface area (Å²) in [5, 5.41) is 26.4. The summed E-state index contributed by atoms with van der Waals surface area (Å²) in [4.78, 5) is 6.15. The van der Waals surface area contributed by atoms with Crippen molar-refractivity contribution < 1.29 is 9.94 Å². The highest BCUT2D eigenvalue weighted by molar-refractivity contribution is 5.11. The van der Waals surface area contributed by atoms with Crippen LogP contribution in [-0.2, 0) is 4.84 Å². The van der Waals surface area contributed by atoms with Crippen LogP contribution in [0.15, 0.2) is 34.5 Å². The molecule has 0 radical (unpaired) electrons. The Morgan fingerprint density at radius 3 is 2.20 bits per heavy atom. The third-order valence-corrected chi connectivity index (χ3v) is 14.1. The van der Waals surface area contributed by atoms with E-state index in [2.05, 4.69) is 42.0 Å². The van der Waals surface area contributed by atoms with Crippen LogP contribution in [0.25, 0.3) is 0 Å². The van der Waals surface area contributed by atoms with E-state index in [-0.39, 0.29) is 12.0 Å². The maximum atomic E-state index is 12.0. The molecular formula is C40H66N4O2. The van der Waals surface area contributed by atoms with Gasteiger partial charge in [-0.3, -0.25) is 0 Å². The maximum Gasteiger partial charge on any atom is 0.102 e. The fraction of sp³-hybridized carbons (Fsp3) is 0.900. The minimum absolute atomic E-state index is 0.104. The molecule has 3 N–H and O–H groups in total. The van der Waals surface area contributed by atoms with Crippen LogP contribution >= 0.6 is 0 Å². The van der Waals surface area contributed by atoms with Crippen LogP contribution in [0.3, 0.4) is 0 Å². The van der Waals surface area contributed by atoms with Crippen molar-refractivity contribution in [3.05, 3.63) is 24.3 Å². The van der Waals surface area contributed by atoms with E-state index in [1.165, 1.54) is 109 Å². The first kappa shape index (κ1) is 33.4. The molecule has 1 aliphatic heterocycles. The van der Waals surface area contributed by atoms with Crippen LogP contribution in [-0.4, -0.2) is 48.0 Å². The lowest BCUT2D eigenvalue weighted by molar-refractivity contribution is -0.0923. The smallest absolute Gasteiger partial charge is 0.102 e. The zero-order valence-corrected chi connectivity index (χ0v) is 29.0. The SMILES string of the molecule is CC1CCC(/C=C/C=C/C2CCC(N=NC3C(O)C(CONC4CCCCC4)CC4CCC5C6CCCCC6NC5C43)CC2)CC1. The number of hydroxylamine groups is 1. The first-order valence-electron chi connectivity index (χ1n) is 20.2. The Labute approximate surface area is 280 Å². The Bertz CT molecular complexity index is 1020. The van der Waals surface area contributed by atoms with E-state index < -0.39 is 6.10 Å². The number of hydrogen-bond donors (Lipinski definition) is 3. The van der Waals surface area contributed by atoms with E-state index in [4.69, 9.17) is 15.1 Å². The molecule has 0 aromatic rings. The van der Waals surface area contributed by atoms with Crippen molar-refractivity contribution >= 4 is 0 Å². The van der Waals surface area contributed by atoms with Gasteiger partial charge in [-0.1, -0.05) is 76.2 Å². The first-order valence-corrected chi connectivity index (χ1v) is 20.2. The average Bonchev–Trinajstić information content (AvgIpc) is 3.47. The predicted octanol–water partition coefficient (Wildman–Crippen LogP) is 8.71. The van der Waals surface area contributed by atoms with Gasteiger partial charge in [0.25, 0.3) is 0 Å². The second-order valence-corrected chi connectivity index (χ2v) is 17.2. The number of nitrogens with one attached hydrogen (secondary N) is 2. The van der Waals surface area contributed by atoms with Crippen molar-refractivity contribution in [2.75, 3.05) is 6.61 Å². The van der Waals surface area contributed by atoms with E-state index in [9.17, 15) is 5.11 Å². The van der Waals surface area contributed by atoms with E-state index in [1.54, 1.807) is 0 Å². The molecule has 0 aromatic heterocycles. The van der Waals surface area contributed by atoms with E-state index in [1.807, 2.05) is 0 Å². The summed E-state index contributed by atoms with van der Waals surface area (Å²) in [7, 11) is 0. The Hall–Kier alpha value is -1.08. The maximum absolute atomic E-state index is 12.0. The van der Waals surface area contributed by atoms with Gasteiger partial charge in [0.2, 0.25) is 0 Å². The summed E-state index contributed by atoms with van der Waals surface area (Å²) in [6, 6.07) is 1.85. The average molecular weight is 635 g/mol. The highest BCUT2D eigenvalue weighted by Gasteiger charge is 2.56. The zero-order valence-electron chi connectivity index (χ0n) is 29.0. The summed E-state index contributed by atoms with van der Waals surface area (Å²) >= 11 is 0. The van der Waals surface area contributed by atoms with Crippen molar-refractivity contribution in [2.24, 2.45) is 57.6 Å². The second kappa shape index (κ2) is 16.1. The molecule has 6 aliphatic carbocycles. The van der Waals surface area contributed by atoms with Crippen molar-refractivity contribution in [1.82, 2.24) is 10.8 Å². The molecule has 0 amide bonds. The van der Waals surface area contributed by atoms with Crippen molar-refractivity contribution in [3.8, 4) is 0 Å². The van der Waals surface area contributed by atoms with Gasteiger partial charge < -0.3 is 15.3 Å². The standard InChI is InChI=1S/C40H66N4O2/c1-27-15-17-28(18-16-27)9-5-6-10-29-19-22-32(23-20-29)42-43-39-37-30(21-24-35-34-13-7-8-14-36(34)41-38(35)37)25-31(40(39)45)26-46-44-33-11-3-2-4-12-33/h5-6,9-10,27-41,44-45H,2-4,7-8,11-26H2,1H3/b9-5+,10-6+,43-42?. The van der Waals surface area contributed by atoms with E-state index in [0.29, 0.717) is 48.5 Å². The van der Waals surface area contributed by atoms with Gasteiger partial charge in [0.1, 0.15) is 6.04 Å². The third kappa shape index (κ3) is 8.03. The molecule has 7 fully saturated rings. The fourth-order valence-corrected chi connectivity index (χ4v) is 11.3. The molecule has 6 nitrogen and oxygen atoms in total. The number of fused-ring (bicyclic) bond motifs is 5. The largest absolute Gasteiger partial charge is 0.390 e. The lowest BCUT2D eigenvalue weighted by Gasteiger charge is -2.50. The van der Waals surface area contributed by atoms with Gasteiger partial charge in [-0.05, 0) is 119 Å². The normalized spacial score (nSPS) is 45.7. The van der Waals surface area contributed by atoms with Crippen LogP contribution < -0.4 is 10.8 Å². The van der Waals surface area contributed by atoms with E-state index >= 15 is 0 Å². The summed E-state index contributed by atoms with van der Waals surface area (Å²) < 4.78 is 0. The molecule has 1 heterocycles. The molecule has 7 aliphatic rings. The van der Waals surface area contributed by atoms with Crippen molar-refractivity contribution in [2.45, 2.75) is 172 Å². The fourth-order valence-electron chi connectivity index (χ4n) is 11.3. The predicted molar refractivity (Wildman–Crippen MR) is 186 cm³/mol. The molecule has 258 valence electrons. The molecule has 6 heteroatoms. The van der Waals surface area contributed by atoms with Crippen molar-refractivity contribution in [1.29, 1.82) is 0 Å². The molecule has 0 spiro atoms. The van der Waals surface area contributed by atoms with Gasteiger partial charge in [0.05, 0.1) is 18.8 Å². The van der Waals surface area contributed by atoms with Crippen LogP contribution in [0.2, 0.25) is 0 Å². The van der Waals surface area contributed by atoms with Gasteiger partial charge in [0, 0.05) is 30.0 Å². The molecule has 46 heavy (non-hydrogen) atoms. The minimum atomic E-state index is -0.472. The number of hydrogen-bond acceptors (Lipinski definition) is 6. The highest BCUT2D eigenvalue weighted by atomic mass is 16.6. The molecule has 9 atom stereocenters. The summed E-state index contributed by atoms with van der Waals surface area (Å²) in [5.74, 6) is 5.11. The van der Waals surface area contributed by atoms with Crippen LogP contribution in [0.1, 0.15) is 135 Å². The summed E-state index contributed by atoms with van der Waals surface area (Å²) in [5.41, 5.74) is 3.38. The number of azo groups is 1. The van der Waals surface area contributed by atoms with Crippen LogP contribution in [0.5, 0.6) is 0 Å². The highest BCUT2D eigenvalue weighted by Crippen LogP contribution is 2.53. The number of aliphatic hydroxyl groups is 1. The van der Waals surface area contributed by atoms with Crippen LogP contribution in [0, 0.1) is 47.3 Å². The number of allylic oxidation sites excluding steroid dienone is 4. The third-order valence-electron chi connectivity index (χ3n) is 14.1.